The molecule has 0 aromatic carbocycles. The van der Waals surface area contributed by atoms with Gasteiger partial charge in [0.1, 0.15) is 0 Å². The highest BCUT2D eigenvalue weighted by atomic mass is 32.2. The Morgan fingerprint density at radius 1 is 1.46 bits per heavy atom. The molecule has 0 unspecified atom stereocenters. The van der Waals surface area contributed by atoms with Gasteiger partial charge in [-0.25, -0.2) is 0 Å². The van der Waals surface area contributed by atoms with Gasteiger partial charge in [-0.2, -0.15) is 11.8 Å². The predicted molar refractivity (Wildman–Crippen MR) is 60.1 cm³/mol. The third-order valence-corrected chi connectivity index (χ3v) is 2.43. The average Bonchev–Trinajstić information content (AvgIpc) is 2.04. The Kier molecular flexibility index (Phi) is 8.30. The van der Waals surface area contributed by atoms with Gasteiger partial charge in [0.25, 0.3) is 0 Å². The third-order valence-electron chi connectivity index (χ3n) is 1.81. The molecule has 0 saturated carbocycles. The normalized spacial score (nSPS) is 10.5. The van der Waals surface area contributed by atoms with E-state index in [1.165, 1.54) is 0 Å². The summed E-state index contributed by atoms with van der Waals surface area (Å²) >= 11 is 1.76. The maximum Gasteiger partial charge on any atom is 0.220 e. The van der Waals surface area contributed by atoms with Crippen molar-refractivity contribution in [3.05, 3.63) is 0 Å². The summed E-state index contributed by atoms with van der Waals surface area (Å²) in [6.45, 7) is 5.18. The molecule has 0 aliphatic carbocycles. The first-order valence-electron chi connectivity index (χ1n) is 4.92. The van der Waals surface area contributed by atoms with Crippen LogP contribution in [0.25, 0.3) is 0 Å². The van der Waals surface area contributed by atoms with Crippen molar-refractivity contribution in [1.29, 1.82) is 0 Å². The van der Waals surface area contributed by atoms with Gasteiger partial charge >= 0.3 is 0 Å². The first kappa shape index (κ1) is 12.8. The Morgan fingerprint density at radius 2 is 2.15 bits per heavy atom. The number of hydrogen-bond donors (Lipinski definition) is 1. The van der Waals surface area contributed by atoms with Crippen molar-refractivity contribution in [2.24, 2.45) is 5.92 Å². The predicted octanol–water partition coefficient (Wildman–Crippen LogP) is 2.29. The fraction of sp³-hybridized carbons (Fsp3) is 0.900. The second kappa shape index (κ2) is 8.42. The molecule has 1 amide bonds. The van der Waals surface area contributed by atoms with Crippen LogP contribution in [0.4, 0.5) is 0 Å². The number of rotatable bonds is 7. The van der Waals surface area contributed by atoms with E-state index in [2.05, 4.69) is 19.2 Å². The summed E-state index contributed by atoms with van der Waals surface area (Å²) in [5.41, 5.74) is 0. The minimum absolute atomic E-state index is 0.203. The molecule has 1 N–H and O–H groups in total. The highest BCUT2D eigenvalue weighted by Gasteiger charge is 2.00. The Labute approximate surface area is 85.9 Å². The lowest BCUT2D eigenvalue weighted by Gasteiger charge is -2.05. The third kappa shape index (κ3) is 9.74. The fourth-order valence-corrected chi connectivity index (χ4v) is 1.36. The first-order valence-corrected chi connectivity index (χ1v) is 6.31. The van der Waals surface area contributed by atoms with E-state index in [0.717, 1.165) is 25.1 Å². The lowest BCUT2D eigenvalue weighted by Crippen LogP contribution is -2.25. The zero-order valence-corrected chi connectivity index (χ0v) is 9.75. The van der Waals surface area contributed by atoms with E-state index >= 15 is 0 Å². The number of hydrogen-bond acceptors (Lipinski definition) is 2. The molecule has 0 radical (unpaired) electrons. The van der Waals surface area contributed by atoms with Crippen LogP contribution in [0.3, 0.4) is 0 Å². The Morgan fingerprint density at radius 3 is 2.69 bits per heavy atom. The molecule has 0 rings (SSSR count). The monoisotopic (exact) mass is 203 g/mol. The minimum Gasteiger partial charge on any atom is -0.355 e. The Hall–Kier alpha value is -0.180. The summed E-state index contributed by atoms with van der Waals surface area (Å²) in [5.74, 6) is 1.92. The number of thioether (sulfide) groups is 1. The molecule has 0 aliphatic rings. The van der Waals surface area contributed by atoms with Crippen molar-refractivity contribution in [2.45, 2.75) is 33.1 Å². The zero-order chi connectivity index (χ0) is 10.1. The van der Waals surface area contributed by atoms with Gasteiger partial charge in [0.2, 0.25) is 5.91 Å². The Bertz CT molecular complexity index is 137. The van der Waals surface area contributed by atoms with E-state index < -0.39 is 0 Å². The summed E-state index contributed by atoms with van der Waals surface area (Å²) in [6.07, 6.45) is 4.90. The molecule has 3 heteroatoms. The summed E-state index contributed by atoms with van der Waals surface area (Å²) in [6, 6.07) is 0. The van der Waals surface area contributed by atoms with Crippen molar-refractivity contribution in [3.8, 4) is 0 Å². The van der Waals surface area contributed by atoms with Crippen LogP contribution in [0.5, 0.6) is 0 Å². The molecule has 0 heterocycles. The molecule has 78 valence electrons. The molecule has 0 aliphatic heterocycles. The van der Waals surface area contributed by atoms with Crippen LogP contribution in [-0.4, -0.2) is 24.5 Å². The zero-order valence-electron chi connectivity index (χ0n) is 8.93. The van der Waals surface area contributed by atoms with Crippen molar-refractivity contribution < 1.29 is 4.79 Å². The highest BCUT2D eigenvalue weighted by Crippen LogP contribution is 2.05. The van der Waals surface area contributed by atoms with E-state index in [9.17, 15) is 4.79 Å². The van der Waals surface area contributed by atoms with E-state index in [0.29, 0.717) is 12.3 Å². The van der Waals surface area contributed by atoms with Crippen molar-refractivity contribution >= 4 is 17.7 Å². The standard InChI is InChI=1S/C10H21NOS/c1-9(2)5-4-6-10(12)11-7-8-13-3/h9H,4-8H2,1-3H3,(H,11,12). The van der Waals surface area contributed by atoms with Gasteiger partial charge in [-0.05, 0) is 18.6 Å². The quantitative estimate of drug-likeness (QED) is 0.643. The SMILES string of the molecule is CSCCNC(=O)CCCC(C)C. The lowest BCUT2D eigenvalue weighted by atomic mass is 10.1. The van der Waals surface area contributed by atoms with Crippen LogP contribution in [0, 0.1) is 5.92 Å². The molecule has 13 heavy (non-hydrogen) atoms. The fourth-order valence-electron chi connectivity index (χ4n) is 1.05. The van der Waals surface area contributed by atoms with Crippen LogP contribution in [-0.2, 0) is 4.79 Å². The first-order chi connectivity index (χ1) is 6.16. The van der Waals surface area contributed by atoms with E-state index in [1.807, 2.05) is 6.26 Å². The Balaban J connectivity index is 3.20. The number of carbonyl (C=O) groups excluding carboxylic acids is 1. The van der Waals surface area contributed by atoms with Crippen LogP contribution >= 0.6 is 11.8 Å². The molecule has 0 spiro atoms. The molecule has 0 atom stereocenters. The second-order valence-electron chi connectivity index (χ2n) is 3.63. The summed E-state index contributed by atoms with van der Waals surface area (Å²) < 4.78 is 0. The highest BCUT2D eigenvalue weighted by molar-refractivity contribution is 7.98. The van der Waals surface area contributed by atoms with E-state index in [4.69, 9.17) is 0 Å². The van der Waals surface area contributed by atoms with Gasteiger partial charge in [-0.15, -0.1) is 0 Å². The smallest absolute Gasteiger partial charge is 0.220 e. The summed E-state index contributed by atoms with van der Waals surface area (Å²) in [7, 11) is 0. The molecular weight excluding hydrogens is 182 g/mol. The number of carbonyl (C=O) groups is 1. The van der Waals surface area contributed by atoms with Crippen LogP contribution in [0.2, 0.25) is 0 Å². The second-order valence-corrected chi connectivity index (χ2v) is 4.61. The molecule has 2 nitrogen and oxygen atoms in total. The maximum atomic E-state index is 11.2. The average molecular weight is 203 g/mol. The topological polar surface area (TPSA) is 29.1 Å². The summed E-state index contributed by atoms with van der Waals surface area (Å²) in [5, 5.41) is 2.90. The van der Waals surface area contributed by atoms with Gasteiger partial charge < -0.3 is 5.32 Å². The van der Waals surface area contributed by atoms with Crippen molar-refractivity contribution in [3.63, 3.8) is 0 Å². The molecule has 0 aromatic heterocycles. The molecule has 0 fully saturated rings. The maximum absolute atomic E-state index is 11.2. The van der Waals surface area contributed by atoms with Crippen molar-refractivity contribution in [2.75, 3.05) is 18.6 Å². The van der Waals surface area contributed by atoms with Crippen LogP contribution < -0.4 is 5.32 Å². The molecule has 0 bridgehead atoms. The number of nitrogens with one attached hydrogen (secondary N) is 1. The molecule has 0 aromatic rings. The summed E-state index contributed by atoms with van der Waals surface area (Å²) in [4.78, 5) is 11.2. The van der Waals surface area contributed by atoms with Gasteiger partial charge in [-0.1, -0.05) is 20.3 Å². The van der Waals surface area contributed by atoms with E-state index in [1.54, 1.807) is 11.8 Å². The molecule has 0 saturated heterocycles. The van der Waals surface area contributed by atoms with Crippen LogP contribution in [0.15, 0.2) is 0 Å². The van der Waals surface area contributed by atoms with Gasteiger partial charge in [0, 0.05) is 18.7 Å². The van der Waals surface area contributed by atoms with Crippen molar-refractivity contribution in [1.82, 2.24) is 5.32 Å². The van der Waals surface area contributed by atoms with E-state index in [-0.39, 0.29) is 5.91 Å². The van der Waals surface area contributed by atoms with Crippen LogP contribution in [0.1, 0.15) is 33.1 Å². The largest absolute Gasteiger partial charge is 0.355 e. The van der Waals surface area contributed by atoms with Gasteiger partial charge in [-0.3, -0.25) is 4.79 Å². The molecular formula is C10H21NOS. The number of amides is 1. The lowest BCUT2D eigenvalue weighted by molar-refractivity contribution is -0.121. The minimum atomic E-state index is 0.203. The van der Waals surface area contributed by atoms with Gasteiger partial charge in [0.15, 0.2) is 0 Å². The van der Waals surface area contributed by atoms with Gasteiger partial charge in [0.05, 0.1) is 0 Å².